The first-order valence-corrected chi connectivity index (χ1v) is 8.46. The van der Waals surface area contributed by atoms with Crippen molar-refractivity contribution in [3.8, 4) is 11.1 Å². The Morgan fingerprint density at radius 1 is 0.893 bits per heavy atom. The lowest BCUT2D eigenvalue weighted by molar-refractivity contribution is -0.137. The fourth-order valence-corrected chi connectivity index (χ4v) is 3.15. The first-order valence-electron chi connectivity index (χ1n) is 8.46. The van der Waals surface area contributed by atoms with Crippen molar-refractivity contribution in [2.24, 2.45) is 0 Å². The highest BCUT2D eigenvalue weighted by atomic mass is 19.4. The zero-order chi connectivity index (χ0) is 19.9. The second-order valence-electron chi connectivity index (χ2n) is 6.45. The van der Waals surface area contributed by atoms with Gasteiger partial charge in [0.25, 0.3) is 0 Å². The molecule has 3 aromatic carbocycles. The maximum atomic E-state index is 13.1. The Labute approximate surface area is 156 Å². The number of nitrogens with zero attached hydrogens (tertiary/aromatic N) is 1. The predicted molar refractivity (Wildman–Crippen MR) is 98.5 cm³/mol. The Hall–Kier alpha value is -3.35. The molecule has 1 N–H and O–H groups in total. The Balaban J connectivity index is 1.73. The average Bonchev–Trinajstić information content (AvgIpc) is 2.97. The third kappa shape index (κ3) is 3.43. The van der Waals surface area contributed by atoms with Crippen LogP contribution in [0.2, 0.25) is 0 Å². The Kier molecular flexibility index (Phi) is 4.30. The van der Waals surface area contributed by atoms with Crippen LogP contribution < -0.4 is 5.69 Å². The molecule has 0 spiro atoms. The van der Waals surface area contributed by atoms with Crippen LogP contribution in [0, 0.1) is 5.82 Å². The van der Waals surface area contributed by atoms with Crippen LogP contribution in [0.15, 0.2) is 71.5 Å². The van der Waals surface area contributed by atoms with Crippen molar-refractivity contribution < 1.29 is 17.6 Å². The highest BCUT2D eigenvalue weighted by molar-refractivity contribution is 5.82. The summed E-state index contributed by atoms with van der Waals surface area (Å²) in [4.78, 5) is 15.1. The topological polar surface area (TPSA) is 37.8 Å². The number of H-pyrrole nitrogens is 1. The van der Waals surface area contributed by atoms with E-state index < -0.39 is 11.7 Å². The van der Waals surface area contributed by atoms with Gasteiger partial charge in [-0.25, -0.2) is 9.18 Å². The molecule has 0 bridgehead atoms. The molecule has 0 radical (unpaired) electrons. The standard InChI is InChI=1S/C21H14F4N2O/c22-17-7-4-13(5-8-17)12-27-19-9-6-15(11-18(19)26-20(27)28)14-2-1-3-16(10-14)21(23,24)25/h1-11H,12H2,(H,26,28). The molecule has 0 amide bonds. The minimum absolute atomic E-state index is 0.252. The summed E-state index contributed by atoms with van der Waals surface area (Å²) in [7, 11) is 0. The number of aromatic nitrogens is 2. The van der Waals surface area contributed by atoms with Crippen LogP contribution in [0.4, 0.5) is 17.6 Å². The highest BCUT2D eigenvalue weighted by Crippen LogP contribution is 2.32. The van der Waals surface area contributed by atoms with Crippen LogP contribution in [0.5, 0.6) is 0 Å². The summed E-state index contributed by atoms with van der Waals surface area (Å²) in [6.45, 7) is 0.252. The molecular formula is C21H14F4N2O. The van der Waals surface area contributed by atoms with Gasteiger partial charge < -0.3 is 4.98 Å². The molecular weight excluding hydrogens is 372 g/mol. The van der Waals surface area contributed by atoms with Gasteiger partial charge in [-0.15, -0.1) is 0 Å². The van der Waals surface area contributed by atoms with E-state index in [0.717, 1.165) is 17.7 Å². The predicted octanol–water partition coefficient (Wildman–Crippen LogP) is 5.20. The second kappa shape index (κ2) is 6.67. The molecule has 0 aliphatic rings. The van der Waals surface area contributed by atoms with Crippen molar-refractivity contribution in [3.05, 3.63) is 94.2 Å². The van der Waals surface area contributed by atoms with Crippen molar-refractivity contribution in [1.29, 1.82) is 0 Å². The number of benzene rings is 3. The third-order valence-corrected chi connectivity index (χ3v) is 4.55. The van der Waals surface area contributed by atoms with E-state index in [4.69, 9.17) is 0 Å². The molecule has 0 saturated heterocycles. The number of rotatable bonds is 3. The fraction of sp³-hybridized carbons (Fsp3) is 0.0952. The molecule has 1 aromatic heterocycles. The van der Waals surface area contributed by atoms with Crippen LogP contribution in [-0.4, -0.2) is 9.55 Å². The molecule has 1 heterocycles. The van der Waals surface area contributed by atoms with E-state index in [0.29, 0.717) is 22.2 Å². The van der Waals surface area contributed by atoms with Gasteiger partial charge in [-0.05, 0) is 53.1 Å². The molecule has 0 unspecified atom stereocenters. The van der Waals surface area contributed by atoms with Crippen molar-refractivity contribution in [2.45, 2.75) is 12.7 Å². The number of hydrogen-bond acceptors (Lipinski definition) is 1. The van der Waals surface area contributed by atoms with E-state index in [1.807, 2.05) is 0 Å². The smallest absolute Gasteiger partial charge is 0.306 e. The minimum Gasteiger partial charge on any atom is -0.306 e. The lowest BCUT2D eigenvalue weighted by atomic mass is 10.0. The van der Waals surface area contributed by atoms with Gasteiger partial charge in [0.15, 0.2) is 0 Å². The van der Waals surface area contributed by atoms with Crippen LogP contribution in [-0.2, 0) is 12.7 Å². The molecule has 0 atom stereocenters. The lowest BCUT2D eigenvalue weighted by Crippen LogP contribution is -2.17. The first-order chi connectivity index (χ1) is 13.3. The molecule has 28 heavy (non-hydrogen) atoms. The molecule has 4 rings (SSSR count). The number of aromatic amines is 1. The van der Waals surface area contributed by atoms with Gasteiger partial charge in [0.05, 0.1) is 23.1 Å². The molecule has 142 valence electrons. The number of imidazole rings is 1. The fourth-order valence-electron chi connectivity index (χ4n) is 3.15. The largest absolute Gasteiger partial charge is 0.416 e. The number of alkyl halides is 3. The summed E-state index contributed by atoms with van der Waals surface area (Å²) >= 11 is 0. The molecule has 4 aromatic rings. The van der Waals surface area contributed by atoms with Crippen LogP contribution >= 0.6 is 0 Å². The van der Waals surface area contributed by atoms with Gasteiger partial charge in [0.1, 0.15) is 5.82 Å². The van der Waals surface area contributed by atoms with Crippen LogP contribution in [0.25, 0.3) is 22.2 Å². The molecule has 0 fully saturated rings. The van der Waals surface area contributed by atoms with Crippen LogP contribution in [0.3, 0.4) is 0 Å². The van der Waals surface area contributed by atoms with E-state index in [-0.39, 0.29) is 18.1 Å². The number of nitrogens with one attached hydrogen (secondary N) is 1. The van der Waals surface area contributed by atoms with Gasteiger partial charge in [-0.3, -0.25) is 4.57 Å². The van der Waals surface area contributed by atoms with E-state index in [1.54, 1.807) is 36.4 Å². The van der Waals surface area contributed by atoms with E-state index >= 15 is 0 Å². The van der Waals surface area contributed by atoms with E-state index in [2.05, 4.69) is 4.98 Å². The molecule has 3 nitrogen and oxygen atoms in total. The van der Waals surface area contributed by atoms with Gasteiger partial charge in [-0.1, -0.05) is 30.3 Å². The normalized spacial score (nSPS) is 11.9. The Morgan fingerprint density at radius 3 is 2.32 bits per heavy atom. The number of halogens is 4. The van der Waals surface area contributed by atoms with Crippen molar-refractivity contribution >= 4 is 11.0 Å². The maximum Gasteiger partial charge on any atom is 0.416 e. The lowest BCUT2D eigenvalue weighted by Gasteiger charge is -2.09. The number of fused-ring (bicyclic) bond motifs is 1. The van der Waals surface area contributed by atoms with Gasteiger partial charge in [0, 0.05) is 0 Å². The Bertz CT molecular complexity index is 1200. The molecule has 0 aliphatic heterocycles. The zero-order valence-corrected chi connectivity index (χ0v) is 14.4. The van der Waals surface area contributed by atoms with E-state index in [9.17, 15) is 22.4 Å². The van der Waals surface area contributed by atoms with Crippen LogP contribution in [0.1, 0.15) is 11.1 Å². The Morgan fingerprint density at radius 2 is 1.61 bits per heavy atom. The SMILES string of the molecule is O=c1[nH]c2cc(-c3cccc(C(F)(F)F)c3)ccc2n1Cc1ccc(F)cc1. The van der Waals surface area contributed by atoms with Crippen molar-refractivity contribution in [1.82, 2.24) is 9.55 Å². The summed E-state index contributed by atoms with van der Waals surface area (Å²) < 4.78 is 53.4. The molecule has 7 heteroatoms. The molecule has 0 saturated carbocycles. The highest BCUT2D eigenvalue weighted by Gasteiger charge is 2.30. The van der Waals surface area contributed by atoms with E-state index in [1.165, 1.54) is 22.8 Å². The van der Waals surface area contributed by atoms with Crippen molar-refractivity contribution in [3.63, 3.8) is 0 Å². The summed E-state index contributed by atoms with van der Waals surface area (Å²) in [5.74, 6) is -0.360. The third-order valence-electron chi connectivity index (χ3n) is 4.55. The average molecular weight is 386 g/mol. The van der Waals surface area contributed by atoms with Gasteiger partial charge >= 0.3 is 11.9 Å². The maximum absolute atomic E-state index is 13.1. The van der Waals surface area contributed by atoms with Crippen molar-refractivity contribution in [2.75, 3.05) is 0 Å². The zero-order valence-electron chi connectivity index (χ0n) is 14.4. The van der Waals surface area contributed by atoms with Gasteiger partial charge in [0.2, 0.25) is 0 Å². The minimum atomic E-state index is -4.42. The quantitative estimate of drug-likeness (QED) is 0.483. The second-order valence-corrected chi connectivity index (χ2v) is 6.45. The molecule has 0 aliphatic carbocycles. The monoisotopic (exact) mass is 386 g/mol. The summed E-state index contributed by atoms with van der Waals surface area (Å²) in [5.41, 5.74) is 1.78. The first kappa shape index (κ1) is 18.0. The summed E-state index contributed by atoms with van der Waals surface area (Å²) in [6.07, 6.45) is -4.42. The summed E-state index contributed by atoms with van der Waals surface area (Å²) in [5, 5.41) is 0. The summed E-state index contributed by atoms with van der Waals surface area (Å²) in [6, 6.07) is 15.9. The van der Waals surface area contributed by atoms with Gasteiger partial charge in [-0.2, -0.15) is 13.2 Å². The number of hydrogen-bond donors (Lipinski definition) is 1.